The van der Waals surface area contributed by atoms with Gasteiger partial charge in [0.2, 0.25) is 0 Å². The molecule has 0 radical (unpaired) electrons. The maximum Gasteiger partial charge on any atom is 0.270 e. The van der Waals surface area contributed by atoms with Crippen molar-refractivity contribution in [3.8, 4) is 0 Å². The predicted octanol–water partition coefficient (Wildman–Crippen LogP) is 5.42. The normalized spacial score (nSPS) is 17.1. The van der Waals surface area contributed by atoms with Gasteiger partial charge in [-0.3, -0.25) is 0 Å². The van der Waals surface area contributed by atoms with Crippen molar-refractivity contribution in [2.24, 2.45) is 0 Å². The average molecular weight is 455 g/mol. The third kappa shape index (κ3) is 5.50. The monoisotopic (exact) mass is 454 g/mol. The van der Waals surface area contributed by atoms with Gasteiger partial charge in [-0.2, -0.15) is 0 Å². The van der Waals surface area contributed by atoms with Crippen LogP contribution in [0.25, 0.3) is 11.0 Å². The van der Waals surface area contributed by atoms with E-state index in [0.29, 0.717) is 18.1 Å². The van der Waals surface area contributed by atoms with E-state index < -0.39 is 5.92 Å². The third-order valence-electron chi connectivity index (χ3n) is 6.29. The van der Waals surface area contributed by atoms with Gasteiger partial charge in [0.15, 0.2) is 0 Å². The highest BCUT2D eigenvalue weighted by molar-refractivity contribution is 5.92. The summed E-state index contributed by atoms with van der Waals surface area (Å²) in [5.74, 6) is -2.31. The molecule has 0 fully saturated rings. The number of halogens is 2. The zero-order valence-electron chi connectivity index (χ0n) is 19.6. The Hall–Kier alpha value is -3.00. The van der Waals surface area contributed by atoms with Crippen molar-refractivity contribution in [2.75, 3.05) is 32.5 Å². The fourth-order valence-corrected chi connectivity index (χ4v) is 4.24. The van der Waals surface area contributed by atoms with E-state index in [1.807, 2.05) is 12.3 Å². The van der Waals surface area contributed by atoms with Gasteiger partial charge >= 0.3 is 0 Å². The summed E-state index contributed by atoms with van der Waals surface area (Å²) < 4.78 is 28.5. The minimum atomic E-state index is -2.93. The van der Waals surface area contributed by atoms with Crippen LogP contribution in [-0.4, -0.2) is 51.9 Å². The van der Waals surface area contributed by atoms with E-state index in [-0.39, 0.29) is 5.56 Å². The molecule has 8 heteroatoms. The van der Waals surface area contributed by atoms with Gasteiger partial charge in [0.1, 0.15) is 17.8 Å². The van der Waals surface area contributed by atoms with Crippen molar-refractivity contribution in [2.45, 2.75) is 45.1 Å². The van der Waals surface area contributed by atoms with Gasteiger partial charge in [-0.05, 0) is 62.1 Å². The maximum atomic E-state index is 14.3. The zero-order chi connectivity index (χ0) is 23.6. The molecular formula is C25H32F2N6. The van der Waals surface area contributed by atoms with Crippen molar-refractivity contribution in [1.29, 1.82) is 0 Å². The van der Waals surface area contributed by atoms with Gasteiger partial charge < -0.3 is 20.1 Å². The van der Waals surface area contributed by atoms with E-state index in [4.69, 9.17) is 0 Å². The van der Waals surface area contributed by atoms with Crippen LogP contribution in [0.5, 0.6) is 0 Å². The molecule has 33 heavy (non-hydrogen) atoms. The predicted molar refractivity (Wildman–Crippen MR) is 129 cm³/mol. The first-order valence-corrected chi connectivity index (χ1v) is 11.4. The summed E-state index contributed by atoms with van der Waals surface area (Å²) in [5, 5.41) is 4.18. The molecule has 6 nitrogen and oxygen atoms in total. The Morgan fingerprint density at radius 3 is 2.64 bits per heavy atom. The molecular weight excluding hydrogens is 422 g/mol. The van der Waals surface area contributed by atoms with Crippen LogP contribution >= 0.6 is 0 Å². The van der Waals surface area contributed by atoms with Crippen LogP contribution in [0.2, 0.25) is 0 Å². The number of H-pyrrole nitrogens is 1. The van der Waals surface area contributed by atoms with Gasteiger partial charge in [-0.15, -0.1) is 0 Å². The molecule has 1 aliphatic heterocycles. The van der Waals surface area contributed by atoms with Crippen molar-refractivity contribution in [1.82, 2.24) is 24.8 Å². The second kappa shape index (κ2) is 9.47. The molecule has 0 aliphatic carbocycles. The summed E-state index contributed by atoms with van der Waals surface area (Å²) in [6, 6.07) is 5.08. The minimum absolute atomic E-state index is 0.00360. The fraction of sp³-hybridized carbons (Fsp3) is 0.440. The second-order valence-corrected chi connectivity index (χ2v) is 9.12. The Kier molecular flexibility index (Phi) is 6.65. The molecule has 3 heterocycles. The summed E-state index contributed by atoms with van der Waals surface area (Å²) >= 11 is 0. The van der Waals surface area contributed by atoms with E-state index in [2.05, 4.69) is 50.7 Å². The standard InChI is InChI=1S/C25H32F2N6/c1-17-7-5-6-8-18-11-20(25(2,26)27)13-21(12-18)31-24-22-19(14-28-23(22)29-16-30-24)15-32(3)9-10-33(17)4/h11-14,16H,1,5-10,15H2,2-4H3,(H2,28,29,30,31). The number of aryl methyl sites for hydroxylation is 1. The largest absolute Gasteiger partial charge is 0.377 e. The number of aromatic amines is 1. The lowest BCUT2D eigenvalue weighted by atomic mass is 10.00. The lowest BCUT2D eigenvalue weighted by Gasteiger charge is -2.25. The van der Waals surface area contributed by atoms with Crippen LogP contribution in [0.4, 0.5) is 20.3 Å². The Balaban J connectivity index is 1.75. The fourth-order valence-electron chi connectivity index (χ4n) is 4.24. The molecule has 0 spiro atoms. The first kappa shape index (κ1) is 23.2. The van der Waals surface area contributed by atoms with Crippen LogP contribution in [0, 0.1) is 0 Å². The molecule has 176 valence electrons. The van der Waals surface area contributed by atoms with Gasteiger partial charge in [0, 0.05) is 56.8 Å². The molecule has 2 bridgehead atoms. The molecule has 2 aromatic heterocycles. The number of aromatic nitrogens is 3. The first-order chi connectivity index (χ1) is 15.7. The Labute approximate surface area is 193 Å². The van der Waals surface area contributed by atoms with Gasteiger partial charge in [-0.25, -0.2) is 18.7 Å². The Bertz CT molecular complexity index is 1130. The van der Waals surface area contributed by atoms with Gasteiger partial charge in [0.25, 0.3) is 5.92 Å². The molecule has 1 aliphatic rings. The number of hydrogen-bond donors (Lipinski definition) is 2. The molecule has 0 atom stereocenters. The molecule has 0 amide bonds. The summed E-state index contributed by atoms with van der Waals surface area (Å²) in [4.78, 5) is 16.5. The van der Waals surface area contributed by atoms with E-state index in [9.17, 15) is 8.78 Å². The third-order valence-corrected chi connectivity index (χ3v) is 6.29. The topological polar surface area (TPSA) is 60.1 Å². The highest BCUT2D eigenvalue weighted by Gasteiger charge is 2.25. The average Bonchev–Trinajstić information content (AvgIpc) is 3.17. The molecule has 3 aromatic rings. The number of hydrogen-bond acceptors (Lipinski definition) is 5. The number of anilines is 2. The molecule has 2 N–H and O–H groups in total. The summed E-state index contributed by atoms with van der Waals surface area (Å²) in [7, 11) is 4.16. The lowest BCUT2D eigenvalue weighted by molar-refractivity contribution is 0.0174. The van der Waals surface area contributed by atoms with E-state index >= 15 is 0 Å². The molecule has 0 unspecified atom stereocenters. The number of nitrogens with one attached hydrogen (secondary N) is 2. The van der Waals surface area contributed by atoms with Crippen LogP contribution in [0.1, 0.15) is 42.9 Å². The highest BCUT2D eigenvalue weighted by atomic mass is 19.3. The van der Waals surface area contributed by atoms with Crippen LogP contribution < -0.4 is 5.32 Å². The second-order valence-electron chi connectivity index (χ2n) is 9.12. The summed E-state index contributed by atoms with van der Waals surface area (Å²) in [5.41, 5.74) is 4.38. The van der Waals surface area contributed by atoms with Crippen LogP contribution in [0.15, 0.2) is 43.0 Å². The lowest BCUT2D eigenvalue weighted by Crippen LogP contribution is -2.30. The number of likely N-dealkylation sites (N-methyl/N-ethyl adjacent to an activating group) is 2. The summed E-state index contributed by atoms with van der Waals surface area (Å²) in [6.07, 6.45) is 6.93. The van der Waals surface area contributed by atoms with Gasteiger partial charge in [0.05, 0.1) is 5.39 Å². The van der Waals surface area contributed by atoms with E-state index in [1.165, 1.54) is 12.4 Å². The quantitative estimate of drug-likeness (QED) is 0.514. The Morgan fingerprint density at radius 2 is 1.85 bits per heavy atom. The van der Waals surface area contributed by atoms with E-state index in [0.717, 1.165) is 73.6 Å². The first-order valence-electron chi connectivity index (χ1n) is 11.4. The number of benzene rings is 1. The maximum absolute atomic E-state index is 14.3. The molecule has 1 aromatic carbocycles. The molecule has 0 saturated heterocycles. The number of fused-ring (bicyclic) bond motifs is 2. The Morgan fingerprint density at radius 1 is 1.06 bits per heavy atom. The zero-order valence-corrected chi connectivity index (χ0v) is 19.6. The number of alkyl halides is 2. The van der Waals surface area contributed by atoms with Crippen molar-refractivity contribution >= 4 is 22.5 Å². The smallest absolute Gasteiger partial charge is 0.270 e. The van der Waals surface area contributed by atoms with Crippen LogP contribution in [-0.2, 0) is 18.9 Å². The van der Waals surface area contributed by atoms with Gasteiger partial charge in [-0.1, -0.05) is 6.58 Å². The van der Waals surface area contributed by atoms with Crippen LogP contribution in [0.3, 0.4) is 0 Å². The summed E-state index contributed by atoms with van der Waals surface area (Å²) in [6.45, 7) is 7.65. The SMILES string of the molecule is C=C1CCCCc2cc(cc(C(C)(F)F)c2)Nc2ncnc3[nH]cc(c23)CN(C)CCN1C. The molecule has 0 saturated carbocycles. The number of allylic oxidation sites excluding steroid dienone is 1. The highest BCUT2D eigenvalue weighted by Crippen LogP contribution is 2.33. The minimum Gasteiger partial charge on any atom is -0.377 e. The van der Waals surface area contributed by atoms with Crippen molar-refractivity contribution in [3.05, 3.63) is 59.7 Å². The van der Waals surface area contributed by atoms with Crippen molar-refractivity contribution in [3.63, 3.8) is 0 Å². The number of rotatable bonds is 1. The van der Waals surface area contributed by atoms with Crippen molar-refractivity contribution < 1.29 is 8.78 Å². The number of nitrogens with zero attached hydrogens (tertiary/aromatic N) is 4. The molecule has 4 rings (SSSR count). The van der Waals surface area contributed by atoms with E-state index in [1.54, 1.807) is 6.07 Å².